The molecule has 3 aromatic rings. The van der Waals surface area contributed by atoms with Crippen molar-refractivity contribution in [3.05, 3.63) is 63.5 Å². The summed E-state index contributed by atoms with van der Waals surface area (Å²) in [6.07, 6.45) is 4.47. The van der Waals surface area contributed by atoms with Crippen LogP contribution in [0.4, 0.5) is 0 Å². The third-order valence-electron chi connectivity index (χ3n) is 5.65. The van der Waals surface area contributed by atoms with Crippen LogP contribution in [-0.4, -0.2) is 36.3 Å². The summed E-state index contributed by atoms with van der Waals surface area (Å²) in [5.74, 6) is -0.604. The maximum absolute atomic E-state index is 13.0. The zero-order chi connectivity index (χ0) is 22.5. The zero-order valence-electron chi connectivity index (χ0n) is 18.6. The van der Waals surface area contributed by atoms with Crippen LogP contribution in [0, 0.1) is 0 Å². The lowest BCUT2D eigenvalue weighted by atomic mass is 9.90. The summed E-state index contributed by atoms with van der Waals surface area (Å²) in [5, 5.41) is 0. The molecule has 1 heterocycles. The molecule has 4 rings (SSSR count). The van der Waals surface area contributed by atoms with Crippen LogP contribution < -0.4 is 4.80 Å². The summed E-state index contributed by atoms with van der Waals surface area (Å²) in [5.41, 5.74) is 4.63. The van der Waals surface area contributed by atoms with Gasteiger partial charge >= 0.3 is 5.97 Å². The van der Waals surface area contributed by atoms with Gasteiger partial charge in [-0.05, 0) is 81.0 Å². The van der Waals surface area contributed by atoms with Gasteiger partial charge in [0.05, 0.1) is 29.0 Å². The molecule has 0 saturated carbocycles. The Kier molecular flexibility index (Phi) is 7.17. The number of nitrogens with zero attached hydrogens (tertiary/aromatic N) is 2. The van der Waals surface area contributed by atoms with Gasteiger partial charge in [-0.2, -0.15) is 4.99 Å². The molecule has 0 atom stereocenters. The van der Waals surface area contributed by atoms with Crippen LogP contribution in [0.2, 0.25) is 0 Å². The highest BCUT2D eigenvalue weighted by molar-refractivity contribution is 7.16. The van der Waals surface area contributed by atoms with Crippen LogP contribution in [0.3, 0.4) is 0 Å². The minimum Gasteiger partial charge on any atom is -0.462 e. The average Bonchev–Trinajstić information content (AvgIpc) is 3.15. The molecule has 0 unspecified atom stereocenters. The van der Waals surface area contributed by atoms with Gasteiger partial charge in [-0.15, -0.1) is 0 Å². The van der Waals surface area contributed by atoms with Gasteiger partial charge in [-0.3, -0.25) is 4.79 Å². The second kappa shape index (κ2) is 10.2. The fourth-order valence-electron chi connectivity index (χ4n) is 4.03. The van der Waals surface area contributed by atoms with Gasteiger partial charge in [0.2, 0.25) is 0 Å². The molecule has 0 spiro atoms. The molecule has 168 valence electrons. The number of aromatic nitrogens is 1. The van der Waals surface area contributed by atoms with Crippen molar-refractivity contribution < 1.29 is 19.1 Å². The van der Waals surface area contributed by atoms with Crippen molar-refractivity contribution in [2.75, 3.05) is 19.8 Å². The second-order valence-electron chi connectivity index (χ2n) is 7.74. The summed E-state index contributed by atoms with van der Waals surface area (Å²) in [6.45, 7) is 5.77. The number of carbonyl (C=O) groups excluding carboxylic acids is 2. The third kappa shape index (κ3) is 4.84. The smallest absolute Gasteiger partial charge is 0.338 e. The van der Waals surface area contributed by atoms with E-state index < -0.39 is 0 Å². The van der Waals surface area contributed by atoms with E-state index in [-0.39, 0.29) is 11.9 Å². The third-order valence-corrected chi connectivity index (χ3v) is 6.69. The number of hydrogen-bond donors (Lipinski definition) is 0. The Labute approximate surface area is 191 Å². The Balaban J connectivity index is 1.73. The summed E-state index contributed by atoms with van der Waals surface area (Å²) in [4.78, 5) is 30.3. The number of ether oxygens (including phenoxy) is 2. The molecule has 6 nitrogen and oxygen atoms in total. The number of aryl methyl sites for hydroxylation is 2. The minimum atomic E-state index is -0.354. The predicted molar refractivity (Wildman–Crippen MR) is 125 cm³/mol. The number of hydrogen-bond acceptors (Lipinski definition) is 5. The molecule has 1 aromatic heterocycles. The van der Waals surface area contributed by atoms with E-state index in [1.165, 1.54) is 35.3 Å². The number of benzene rings is 2. The molecule has 1 aliphatic rings. The lowest BCUT2D eigenvalue weighted by Gasteiger charge is -2.15. The SMILES string of the molecule is CCOCCn1c(=NC(=O)c2ccc3c(c2)CCCC3)sc2cc(C(=O)OCC)ccc21. The lowest BCUT2D eigenvalue weighted by Crippen LogP contribution is -2.20. The van der Waals surface area contributed by atoms with Crippen molar-refractivity contribution in [2.24, 2.45) is 4.99 Å². The number of fused-ring (bicyclic) bond motifs is 2. The zero-order valence-corrected chi connectivity index (χ0v) is 19.4. The molecule has 0 radical (unpaired) electrons. The van der Waals surface area contributed by atoms with Crippen LogP contribution in [0.25, 0.3) is 10.2 Å². The van der Waals surface area contributed by atoms with Gasteiger partial charge in [0.1, 0.15) is 0 Å². The molecule has 32 heavy (non-hydrogen) atoms. The maximum atomic E-state index is 13.0. The first-order chi connectivity index (χ1) is 15.6. The van der Waals surface area contributed by atoms with Crippen molar-refractivity contribution in [3.63, 3.8) is 0 Å². The van der Waals surface area contributed by atoms with Gasteiger partial charge in [0.15, 0.2) is 4.80 Å². The fourth-order valence-corrected chi connectivity index (χ4v) is 5.13. The van der Waals surface area contributed by atoms with E-state index in [2.05, 4.69) is 11.1 Å². The van der Waals surface area contributed by atoms with Crippen LogP contribution in [0.5, 0.6) is 0 Å². The highest BCUT2D eigenvalue weighted by atomic mass is 32.1. The van der Waals surface area contributed by atoms with Crippen LogP contribution in [0.1, 0.15) is 58.5 Å². The van der Waals surface area contributed by atoms with Crippen LogP contribution in [-0.2, 0) is 28.9 Å². The molecule has 0 bridgehead atoms. The van der Waals surface area contributed by atoms with Crippen molar-refractivity contribution in [2.45, 2.75) is 46.1 Å². The largest absolute Gasteiger partial charge is 0.462 e. The Morgan fingerprint density at radius 1 is 1.00 bits per heavy atom. The van der Waals surface area contributed by atoms with Crippen LogP contribution >= 0.6 is 11.3 Å². The van der Waals surface area contributed by atoms with E-state index in [4.69, 9.17) is 9.47 Å². The summed E-state index contributed by atoms with van der Waals surface area (Å²) in [7, 11) is 0. The molecule has 7 heteroatoms. The van der Waals surface area contributed by atoms with Crippen molar-refractivity contribution in [1.82, 2.24) is 4.57 Å². The monoisotopic (exact) mass is 452 g/mol. The topological polar surface area (TPSA) is 69.9 Å². The van der Waals surface area contributed by atoms with Gasteiger partial charge in [0, 0.05) is 18.7 Å². The number of thiazole rings is 1. The standard InChI is InChI=1S/C25H28N2O4S/c1-3-30-14-13-27-21-12-11-20(24(29)31-4-2)16-22(21)32-25(27)26-23(28)19-10-9-17-7-5-6-8-18(17)15-19/h9-12,15-16H,3-8,13-14H2,1-2H3. The fraction of sp³-hybridized carbons (Fsp3) is 0.400. The molecule has 2 aromatic carbocycles. The minimum absolute atomic E-state index is 0.249. The molecule has 0 aliphatic heterocycles. The first-order valence-electron chi connectivity index (χ1n) is 11.2. The normalized spacial score (nSPS) is 13.9. The van der Waals surface area contributed by atoms with Crippen molar-refractivity contribution in [1.29, 1.82) is 0 Å². The molecule has 0 fully saturated rings. The van der Waals surface area contributed by atoms with Crippen LogP contribution in [0.15, 0.2) is 41.4 Å². The highest BCUT2D eigenvalue weighted by Crippen LogP contribution is 2.23. The molecular formula is C25H28N2O4S. The van der Waals surface area contributed by atoms with E-state index in [0.717, 1.165) is 23.1 Å². The molecule has 0 saturated heterocycles. The van der Waals surface area contributed by atoms with Gasteiger partial charge < -0.3 is 14.0 Å². The summed E-state index contributed by atoms with van der Waals surface area (Å²) in [6, 6.07) is 11.4. The van der Waals surface area contributed by atoms with E-state index in [1.54, 1.807) is 19.1 Å². The second-order valence-corrected chi connectivity index (χ2v) is 8.75. The van der Waals surface area contributed by atoms with Crippen molar-refractivity contribution in [3.8, 4) is 0 Å². The summed E-state index contributed by atoms with van der Waals surface area (Å²) < 4.78 is 13.5. The summed E-state index contributed by atoms with van der Waals surface area (Å²) >= 11 is 1.40. The first kappa shape index (κ1) is 22.4. The van der Waals surface area contributed by atoms with Gasteiger partial charge in [-0.1, -0.05) is 17.4 Å². The number of carbonyl (C=O) groups is 2. The Hall–Kier alpha value is -2.77. The highest BCUT2D eigenvalue weighted by Gasteiger charge is 2.15. The predicted octanol–water partition coefficient (Wildman–Crippen LogP) is 4.54. The number of rotatable bonds is 7. The lowest BCUT2D eigenvalue weighted by molar-refractivity contribution is 0.0526. The molecule has 0 N–H and O–H groups in total. The van der Waals surface area contributed by atoms with Gasteiger partial charge in [-0.25, -0.2) is 4.79 Å². The Bertz CT molecular complexity index is 1210. The van der Waals surface area contributed by atoms with E-state index in [0.29, 0.717) is 42.3 Å². The van der Waals surface area contributed by atoms with Gasteiger partial charge in [0.25, 0.3) is 5.91 Å². The molecular weight excluding hydrogens is 424 g/mol. The Morgan fingerprint density at radius 3 is 2.56 bits per heavy atom. The quantitative estimate of drug-likeness (QED) is 0.390. The number of esters is 1. The van der Waals surface area contributed by atoms with Crippen molar-refractivity contribution >= 4 is 33.4 Å². The van der Waals surface area contributed by atoms with E-state index in [9.17, 15) is 9.59 Å². The van der Waals surface area contributed by atoms with E-state index in [1.807, 2.05) is 29.7 Å². The molecule has 1 aliphatic carbocycles. The maximum Gasteiger partial charge on any atom is 0.338 e. The Morgan fingerprint density at radius 2 is 1.78 bits per heavy atom. The first-order valence-corrected chi connectivity index (χ1v) is 12.0. The number of amides is 1. The van der Waals surface area contributed by atoms with E-state index >= 15 is 0 Å². The molecule has 1 amide bonds. The average molecular weight is 453 g/mol.